The van der Waals surface area contributed by atoms with Gasteiger partial charge in [-0.3, -0.25) is 0 Å². The van der Waals surface area contributed by atoms with Gasteiger partial charge in [0.25, 0.3) is 0 Å². The highest BCUT2D eigenvalue weighted by atomic mass is 32.2. The van der Waals surface area contributed by atoms with Gasteiger partial charge in [-0.2, -0.15) is 4.31 Å². The maximum Gasteiger partial charge on any atom is 0.243 e. The number of nitrogens with zero attached hydrogens (tertiary/aromatic N) is 4. The molecule has 0 radical (unpaired) electrons. The first-order valence-corrected chi connectivity index (χ1v) is 8.64. The number of piperidine rings is 1. The largest absolute Gasteiger partial charge is 0.243 e. The van der Waals surface area contributed by atoms with Crippen molar-refractivity contribution in [3.8, 4) is 0 Å². The molecule has 7 heteroatoms. The van der Waals surface area contributed by atoms with Gasteiger partial charge in [0, 0.05) is 23.7 Å². The lowest BCUT2D eigenvalue weighted by molar-refractivity contribution is 0.346. The third-order valence-electron chi connectivity index (χ3n) is 3.91. The van der Waals surface area contributed by atoms with Gasteiger partial charge in [-0.15, -0.1) is 0 Å². The van der Waals surface area contributed by atoms with Gasteiger partial charge < -0.3 is 0 Å². The van der Waals surface area contributed by atoms with Crippen molar-refractivity contribution in [2.24, 2.45) is 5.11 Å². The summed E-state index contributed by atoms with van der Waals surface area (Å²) in [5, 5.41) is 5.22. The Morgan fingerprint density at radius 1 is 1.00 bits per heavy atom. The van der Waals surface area contributed by atoms with Gasteiger partial charge in [-0.05, 0) is 47.3 Å². The van der Waals surface area contributed by atoms with E-state index in [-0.39, 0.29) is 0 Å². The second-order valence-corrected chi connectivity index (χ2v) is 7.29. The maximum atomic E-state index is 12.7. The molecule has 0 spiro atoms. The normalized spacial score (nSPS) is 16.4. The minimum absolute atomic E-state index is 0.318. The van der Waals surface area contributed by atoms with E-state index in [9.17, 15) is 8.42 Å². The lowest BCUT2D eigenvalue weighted by Crippen LogP contribution is -2.35. The number of hydrogen-bond acceptors (Lipinski definition) is 3. The minimum atomic E-state index is -3.42. The number of hydrogen-bond donors (Lipinski definition) is 0. The van der Waals surface area contributed by atoms with Gasteiger partial charge in [0.05, 0.1) is 4.90 Å². The summed E-state index contributed by atoms with van der Waals surface area (Å²) in [6.45, 7) is 1.19. The second-order valence-electron chi connectivity index (χ2n) is 5.35. The number of sulfonamides is 1. The zero-order chi connectivity index (χ0) is 15.6. The molecule has 1 heterocycles. The molecule has 3 rings (SSSR count). The van der Waals surface area contributed by atoms with E-state index in [1.54, 1.807) is 40.7 Å². The van der Waals surface area contributed by atoms with Gasteiger partial charge in [-0.1, -0.05) is 29.7 Å². The first-order valence-electron chi connectivity index (χ1n) is 7.20. The fourth-order valence-electron chi connectivity index (χ4n) is 2.74. The molecule has 0 amide bonds. The van der Waals surface area contributed by atoms with E-state index < -0.39 is 10.0 Å². The molecule has 0 saturated carbocycles. The van der Waals surface area contributed by atoms with E-state index in [0.29, 0.717) is 23.7 Å². The van der Waals surface area contributed by atoms with E-state index in [1.807, 2.05) is 0 Å². The van der Waals surface area contributed by atoms with Crippen LogP contribution in [0.15, 0.2) is 46.4 Å². The predicted molar refractivity (Wildman–Crippen MR) is 85.4 cm³/mol. The van der Waals surface area contributed by atoms with Crippen LogP contribution in [0.1, 0.15) is 19.3 Å². The quantitative estimate of drug-likeness (QED) is 0.487. The van der Waals surface area contributed by atoms with Crippen LogP contribution in [0.4, 0.5) is 5.69 Å². The second kappa shape index (κ2) is 5.96. The average molecular weight is 316 g/mol. The number of benzene rings is 2. The number of fused-ring (bicyclic) bond motifs is 1. The third kappa shape index (κ3) is 2.78. The van der Waals surface area contributed by atoms with E-state index in [1.165, 1.54) is 0 Å². The zero-order valence-electron chi connectivity index (χ0n) is 12.0. The maximum absolute atomic E-state index is 12.7. The monoisotopic (exact) mass is 316 g/mol. The highest BCUT2D eigenvalue weighted by Gasteiger charge is 2.25. The van der Waals surface area contributed by atoms with Crippen LogP contribution >= 0.6 is 0 Å². The summed E-state index contributed by atoms with van der Waals surface area (Å²) >= 11 is 0. The van der Waals surface area contributed by atoms with Crippen molar-refractivity contribution in [1.29, 1.82) is 0 Å². The van der Waals surface area contributed by atoms with E-state index in [2.05, 4.69) is 10.0 Å². The molecule has 0 aromatic heterocycles. The molecule has 1 aliphatic rings. The fraction of sp³-hybridized carbons (Fsp3) is 0.333. The molecule has 114 valence electrons. The molecule has 0 aliphatic carbocycles. The molecule has 6 nitrogen and oxygen atoms in total. The van der Waals surface area contributed by atoms with Crippen LogP contribution in [0, 0.1) is 0 Å². The van der Waals surface area contributed by atoms with E-state index >= 15 is 0 Å². The van der Waals surface area contributed by atoms with Crippen molar-refractivity contribution in [1.82, 2.24) is 4.31 Å². The van der Waals surface area contributed by atoms with Gasteiger partial charge >= 0.3 is 0 Å². The standard InChI is InChI=1S/C15H16N4O2S/c16-18-17-14-6-4-13-11-15(7-5-12(13)10-14)22(20,21)19-8-2-1-3-9-19/h4-7,10-11H,1-3,8-9H2. The van der Waals surface area contributed by atoms with Crippen molar-refractivity contribution < 1.29 is 8.42 Å². The summed E-state index contributed by atoms with van der Waals surface area (Å²) in [5.74, 6) is 0. The minimum Gasteiger partial charge on any atom is -0.207 e. The Kier molecular flexibility index (Phi) is 4.02. The SMILES string of the molecule is [N-]=[N+]=Nc1ccc2cc(S(=O)(=O)N3CCCCC3)ccc2c1. The molecule has 1 fully saturated rings. The van der Waals surface area contributed by atoms with Crippen LogP contribution in [0.2, 0.25) is 0 Å². The number of rotatable bonds is 3. The van der Waals surface area contributed by atoms with Crippen LogP contribution in [-0.2, 0) is 10.0 Å². The summed E-state index contributed by atoms with van der Waals surface area (Å²) in [4.78, 5) is 3.07. The zero-order valence-corrected chi connectivity index (χ0v) is 12.8. The fourth-order valence-corrected chi connectivity index (χ4v) is 4.29. The van der Waals surface area contributed by atoms with Crippen LogP contribution in [-0.4, -0.2) is 25.8 Å². The molecule has 0 N–H and O–H groups in total. The Bertz CT molecular complexity index is 851. The van der Waals surface area contributed by atoms with Gasteiger partial charge in [-0.25, -0.2) is 8.42 Å². The van der Waals surface area contributed by atoms with E-state index in [4.69, 9.17) is 5.53 Å². The predicted octanol–water partition coefficient (Wildman–Crippen LogP) is 3.96. The molecule has 2 aromatic rings. The van der Waals surface area contributed by atoms with Crippen molar-refractivity contribution in [3.05, 3.63) is 46.8 Å². The Morgan fingerprint density at radius 3 is 2.41 bits per heavy atom. The molecule has 0 unspecified atom stereocenters. The molecule has 22 heavy (non-hydrogen) atoms. The molecule has 1 aliphatic heterocycles. The highest BCUT2D eigenvalue weighted by molar-refractivity contribution is 7.89. The third-order valence-corrected chi connectivity index (χ3v) is 5.80. The molecular formula is C15H16N4O2S. The van der Waals surface area contributed by atoms with Gasteiger partial charge in [0.2, 0.25) is 10.0 Å². The van der Waals surface area contributed by atoms with Crippen molar-refractivity contribution in [2.75, 3.05) is 13.1 Å². The Balaban J connectivity index is 2.01. The summed E-state index contributed by atoms with van der Waals surface area (Å²) < 4.78 is 26.9. The molecule has 0 bridgehead atoms. The van der Waals surface area contributed by atoms with Crippen LogP contribution in [0.5, 0.6) is 0 Å². The van der Waals surface area contributed by atoms with Crippen LogP contribution in [0.25, 0.3) is 21.2 Å². The van der Waals surface area contributed by atoms with E-state index in [0.717, 1.165) is 30.0 Å². The van der Waals surface area contributed by atoms with Crippen molar-refractivity contribution in [3.63, 3.8) is 0 Å². The summed E-state index contributed by atoms with van der Waals surface area (Å²) in [7, 11) is -3.42. The van der Waals surface area contributed by atoms with Crippen LogP contribution in [0.3, 0.4) is 0 Å². The van der Waals surface area contributed by atoms with Crippen LogP contribution < -0.4 is 0 Å². The summed E-state index contributed by atoms with van der Waals surface area (Å²) in [6.07, 6.45) is 2.93. The summed E-state index contributed by atoms with van der Waals surface area (Å²) in [6, 6.07) is 10.2. The first kappa shape index (κ1) is 14.8. The molecule has 0 atom stereocenters. The molecule has 2 aromatic carbocycles. The first-order chi connectivity index (χ1) is 10.6. The van der Waals surface area contributed by atoms with Crippen molar-refractivity contribution >= 4 is 26.5 Å². The Hall–Kier alpha value is -2.08. The highest BCUT2D eigenvalue weighted by Crippen LogP contribution is 2.26. The smallest absolute Gasteiger partial charge is 0.207 e. The lowest BCUT2D eigenvalue weighted by Gasteiger charge is -2.26. The average Bonchev–Trinajstić information content (AvgIpc) is 2.55. The van der Waals surface area contributed by atoms with Gasteiger partial charge in [0.15, 0.2) is 0 Å². The lowest BCUT2D eigenvalue weighted by atomic mass is 10.1. The topological polar surface area (TPSA) is 86.1 Å². The molecular weight excluding hydrogens is 300 g/mol. The number of azide groups is 1. The Morgan fingerprint density at radius 2 is 1.68 bits per heavy atom. The molecule has 1 saturated heterocycles. The van der Waals surface area contributed by atoms with Crippen molar-refractivity contribution in [2.45, 2.75) is 24.2 Å². The van der Waals surface area contributed by atoms with Gasteiger partial charge in [0.1, 0.15) is 0 Å². The summed E-state index contributed by atoms with van der Waals surface area (Å²) in [5.41, 5.74) is 8.98. The Labute approximate surface area is 129 Å².